The van der Waals surface area contributed by atoms with Crippen molar-refractivity contribution in [1.29, 1.82) is 0 Å². The van der Waals surface area contributed by atoms with Crippen LogP contribution in [0.1, 0.15) is 22.6 Å². The Bertz CT molecular complexity index is 1380. The summed E-state index contributed by atoms with van der Waals surface area (Å²) >= 11 is 0. The molecule has 1 amide bonds. The first-order chi connectivity index (χ1) is 18.0. The fourth-order valence-electron chi connectivity index (χ4n) is 5.49. The van der Waals surface area contributed by atoms with Gasteiger partial charge in [-0.3, -0.25) is 20.2 Å². The molecular weight excluding hydrogens is 507 g/mol. The largest absolute Gasteiger partial charge is 0.573 e. The number of amides is 1. The number of aromatic hydroxyl groups is 1. The van der Waals surface area contributed by atoms with Crippen LogP contribution in [0.4, 0.5) is 18.9 Å². The van der Waals surface area contributed by atoms with Gasteiger partial charge >= 0.3 is 6.36 Å². The Morgan fingerprint density at radius 3 is 2.32 bits per heavy atom. The normalized spacial score (nSPS) is 24.2. The van der Waals surface area contributed by atoms with Crippen LogP contribution in [0.2, 0.25) is 0 Å². The van der Waals surface area contributed by atoms with Gasteiger partial charge < -0.3 is 19.9 Å². The predicted octanol–water partition coefficient (Wildman–Crippen LogP) is 4.09. The number of carbonyl (C=O) groups excluding carboxylic acids is 1. The van der Waals surface area contributed by atoms with E-state index in [1.54, 1.807) is 36.4 Å². The number of nitrogens with one attached hydrogen (secondary N) is 2. The third kappa shape index (κ3) is 4.36. The number of benzene rings is 3. The molecule has 0 saturated carbocycles. The number of nitro groups is 1. The molecule has 0 radical (unpaired) electrons. The molecule has 3 aromatic rings. The number of fused-ring (bicyclic) bond motifs is 2. The fraction of sp³-hybridized carbons (Fsp3) is 0.269. The zero-order chi connectivity index (χ0) is 27.2. The average Bonchev–Trinajstić information content (AvgIpc) is 3.34. The van der Waals surface area contributed by atoms with Gasteiger partial charge in [0, 0.05) is 16.2 Å². The SMILES string of the molecule is COc1ccc(C2C([N+](=O)[O-])C(Cc3ccc(O)cc3)NC23C(=O)Nc2ccc(OC(F)(F)F)cc23)cc1. The molecule has 3 aromatic carbocycles. The van der Waals surface area contributed by atoms with Crippen LogP contribution in [0.25, 0.3) is 0 Å². The quantitative estimate of drug-likeness (QED) is 0.325. The Balaban J connectivity index is 1.68. The lowest BCUT2D eigenvalue weighted by atomic mass is 9.74. The van der Waals surface area contributed by atoms with Crippen LogP contribution in [-0.4, -0.2) is 41.5 Å². The molecule has 1 fully saturated rings. The minimum Gasteiger partial charge on any atom is -0.508 e. The van der Waals surface area contributed by atoms with Gasteiger partial charge in [0.2, 0.25) is 11.9 Å². The maximum Gasteiger partial charge on any atom is 0.573 e. The molecule has 9 nitrogen and oxygen atoms in total. The topological polar surface area (TPSA) is 123 Å². The molecule has 0 bridgehead atoms. The summed E-state index contributed by atoms with van der Waals surface area (Å²) < 4.78 is 48.3. The Hall–Kier alpha value is -4.32. The Morgan fingerprint density at radius 1 is 1.05 bits per heavy atom. The molecule has 4 atom stereocenters. The lowest BCUT2D eigenvalue weighted by Crippen LogP contribution is -2.49. The predicted molar refractivity (Wildman–Crippen MR) is 129 cm³/mol. The van der Waals surface area contributed by atoms with Crippen molar-refractivity contribution in [2.24, 2.45) is 0 Å². The van der Waals surface area contributed by atoms with Crippen LogP contribution >= 0.6 is 0 Å². The second-order valence-electron chi connectivity index (χ2n) is 9.17. The Labute approximate surface area is 214 Å². The second kappa shape index (κ2) is 9.21. The summed E-state index contributed by atoms with van der Waals surface area (Å²) in [5, 5.41) is 28.0. The molecule has 198 valence electrons. The number of phenolic OH excluding ortho intramolecular Hbond substituents is 1. The smallest absolute Gasteiger partial charge is 0.508 e. The van der Waals surface area contributed by atoms with Gasteiger partial charge in [-0.05, 0) is 60.0 Å². The molecule has 2 aliphatic rings. The molecule has 0 aliphatic carbocycles. The van der Waals surface area contributed by atoms with E-state index < -0.39 is 46.5 Å². The zero-order valence-corrected chi connectivity index (χ0v) is 19.9. The third-order valence-electron chi connectivity index (χ3n) is 7.00. The maximum atomic E-state index is 13.7. The van der Waals surface area contributed by atoms with E-state index in [9.17, 15) is 33.2 Å². The van der Waals surface area contributed by atoms with Crippen molar-refractivity contribution in [2.75, 3.05) is 12.4 Å². The highest BCUT2D eigenvalue weighted by molar-refractivity contribution is 6.07. The van der Waals surface area contributed by atoms with Gasteiger partial charge in [-0.1, -0.05) is 24.3 Å². The number of rotatable bonds is 6. The zero-order valence-electron chi connectivity index (χ0n) is 19.9. The highest BCUT2D eigenvalue weighted by Crippen LogP contribution is 2.53. The van der Waals surface area contributed by atoms with Gasteiger partial charge in [0.1, 0.15) is 22.8 Å². The van der Waals surface area contributed by atoms with Crippen LogP contribution in [0, 0.1) is 10.1 Å². The number of carbonyl (C=O) groups is 1. The summed E-state index contributed by atoms with van der Waals surface area (Å²) in [5.74, 6) is -1.77. The lowest BCUT2D eigenvalue weighted by molar-refractivity contribution is -0.526. The first kappa shape index (κ1) is 25.3. The molecule has 5 rings (SSSR count). The van der Waals surface area contributed by atoms with Gasteiger partial charge in [-0.2, -0.15) is 0 Å². The van der Waals surface area contributed by atoms with E-state index in [0.717, 1.165) is 12.1 Å². The van der Waals surface area contributed by atoms with E-state index in [1.165, 1.54) is 25.3 Å². The highest BCUT2D eigenvalue weighted by Gasteiger charge is 2.66. The van der Waals surface area contributed by atoms with Gasteiger partial charge in [-0.25, -0.2) is 0 Å². The van der Waals surface area contributed by atoms with E-state index in [-0.39, 0.29) is 23.4 Å². The number of hydrogen-bond acceptors (Lipinski definition) is 7. The number of hydrogen-bond donors (Lipinski definition) is 3. The summed E-state index contributed by atoms with van der Waals surface area (Å²) in [4.78, 5) is 25.8. The molecule has 2 aliphatic heterocycles. The summed E-state index contributed by atoms with van der Waals surface area (Å²) in [6, 6.07) is 13.7. The number of ether oxygens (including phenoxy) is 2. The van der Waals surface area contributed by atoms with Crippen LogP contribution in [0.5, 0.6) is 17.2 Å². The van der Waals surface area contributed by atoms with Crippen molar-refractivity contribution in [3.63, 3.8) is 0 Å². The van der Waals surface area contributed by atoms with Gasteiger partial charge in [0.05, 0.1) is 19.1 Å². The standard InChI is InChI=1S/C26H22F3N3O6/c1-37-17-8-4-15(5-9-17)22-23(32(35)36)21(12-14-2-6-16(33)7-3-14)31-25(22)19-13-18(38-26(27,28)29)10-11-20(19)30-24(25)34/h2-11,13,21-23,31,33H,12H2,1H3,(H,30,34). The fourth-order valence-corrected chi connectivity index (χ4v) is 5.49. The van der Waals surface area contributed by atoms with E-state index in [4.69, 9.17) is 4.74 Å². The minimum absolute atomic E-state index is 0.0211. The average molecular weight is 529 g/mol. The molecule has 1 saturated heterocycles. The number of alkyl halides is 3. The summed E-state index contributed by atoms with van der Waals surface area (Å²) in [6.07, 6.45) is -4.86. The summed E-state index contributed by atoms with van der Waals surface area (Å²) in [7, 11) is 1.46. The van der Waals surface area contributed by atoms with Gasteiger partial charge in [0.25, 0.3) is 0 Å². The Kier molecular flexibility index (Phi) is 6.14. The molecule has 38 heavy (non-hydrogen) atoms. The van der Waals surface area contributed by atoms with Crippen LogP contribution < -0.4 is 20.1 Å². The van der Waals surface area contributed by atoms with Crippen LogP contribution in [0.15, 0.2) is 66.7 Å². The van der Waals surface area contributed by atoms with Crippen LogP contribution in [-0.2, 0) is 16.8 Å². The van der Waals surface area contributed by atoms with E-state index in [0.29, 0.717) is 16.9 Å². The van der Waals surface area contributed by atoms with Gasteiger partial charge in [-0.15, -0.1) is 13.2 Å². The Morgan fingerprint density at radius 2 is 1.71 bits per heavy atom. The molecular formula is C26H22F3N3O6. The van der Waals surface area contributed by atoms with Gasteiger partial charge in [0.15, 0.2) is 0 Å². The molecule has 1 spiro atoms. The second-order valence-corrected chi connectivity index (χ2v) is 9.17. The molecule has 3 N–H and O–H groups in total. The van der Waals surface area contributed by atoms with Crippen molar-refractivity contribution in [3.05, 3.63) is 93.5 Å². The molecule has 2 heterocycles. The van der Waals surface area contributed by atoms with Crippen molar-refractivity contribution >= 4 is 11.6 Å². The third-order valence-corrected chi connectivity index (χ3v) is 7.00. The number of halogens is 3. The van der Waals surface area contributed by atoms with Crippen LogP contribution in [0.3, 0.4) is 0 Å². The molecule has 4 unspecified atom stereocenters. The van der Waals surface area contributed by atoms with E-state index >= 15 is 0 Å². The van der Waals surface area contributed by atoms with Crippen molar-refractivity contribution in [3.8, 4) is 17.2 Å². The number of methoxy groups -OCH3 is 1. The van der Waals surface area contributed by atoms with Crippen molar-refractivity contribution in [2.45, 2.75) is 36.3 Å². The number of anilines is 1. The number of nitrogens with zero attached hydrogens (tertiary/aromatic N) is 1. The molecule has 0 aromatic heterocycles. The molecule has 12 heteroatoms. The first-order valence-corrected chi connectivity index (χ1v) is 11.6. The maximum absolute atomic E-state index is 13.7. The van der Waals surface area contributed by atoms with E-state index in [1.807, 2.05) is 0 Å². The van der Waals surface area contributed by atoms with E-state index in [2.05, 4.69) is 15.4 Å². The monoisotopic (exact) mass is 529 g/mol. The summed E-state index contributed by atoms with van der Waals surface area (Å²) in [6.45, 7) is 0. The first-order valence-electron chi connectivity index (χ1n) is 11.6. The summed E-state index contributed by atoms with van der Waals surface area (Å²) in [5.41, 5.74) is -0.342. The number of phenols is 1. The minimum atomic E-state index is -4.97. The lowest BCUT2D eigenvalue weighted by Gasteiger charge is -2.30. The highest BCUT2D eigenvalue weighted by atomic mass is 19.4. The van der Waals surface area contributed by atoms with Crippen molar-refractivity contribution in [1.82, 2.24) is 5.32 Å². The van der Waals surface area contributed by atoms with Crippen molar-refractivity contribution < 1.29 is 37.5 Å².